The van der Waals surface area contributed by atoms with Crippen molar-refractivity contribution in [1.29, 1.82) is 0 Å². The summed E-state index contributed by atoms with van der Waals surface area (Å²) in [4.78, 5) is 14.8. The number of hydrogen-bond donors (Lipinski definition) is 1. The van der Waals surface area contributed by atoms with E-state index in [0.717, 1.165) is 55.8 Å². The zero-order valence-corrected chi connectivity index (χ0v) is 14.5. The predicted octanol–water partition coefficient (Wildman–Crippen LogP) is 3.75. The zero-order valence-electron chi connectivity index (χ0n) is 14.5. The largest absolute Gasteiger partial charge is 0.490 e. The van der Waals surface area contributed by atoms with Crippen LogP contribution in [0.3, 0.4) is 0 Å². The Morgan fingerprint density at radius 1 is 1.08 bits per heavy atom. The monoisotopic (exact) mass is 339 g/mol. The van der Waals surface area contributed by atoms with Gasteiger partial charge in [-0.3, -0.25) is 9.89 Å². The Kier molecular flexibility index (Phi) is 4.72. The van der Waals surface area contributed by atoms with Crippen LogP contribution < -0.4 is 4.74 Å². The Morgan fingerprint density at radius 3 is 2.60 bits per heavy atom. The van der Waals surface area contributed by atoms with E-state index in [-0.39, 0.29) is 5.91 Å². The van der Waals surface area contributed by atoms with Gasteiger partial charge in [0.1, 0.15) is 5.75 Å². The predicted molar refractivity (Wildman–Crippen MR) is 95.8 cm³/mol. The van der Waals surface area contributed by atoms with Gasteiger partial charge in [-0.2, -0.15) is 5.10 Å². The molecule has 1 aliphatic heterocycles. The van der Waals surface area contributed by atoms with Crippen LogP contribution in [0.4, 0.5) is 0 Å². The fourth-order valence-electron chi connectivity index (χ4n) is 3.97. The van der Waals surface area contributed by atoms with Gasteiger partial charge in [-0.05, 0) is 68.9 Å². The summed E-state index contributed by atoms with van der Waals surface area (Å²) >= 11 is 0. The maximum atomic E-state index is 12.8. The van der Waals surface area contributed by atoms with Crippen LogP contribution in [-0.2, 0) is 0 Å². The lowest BCUT2D eigenvalue weighted by Gasteiger charge is -2.32. The van der Waals surface area contributed by atoms with Crippen molar-refractivity contribution >= 4 is 5.91 Å². The average Bonchev–Trinajstić information content (AvgIpc) is 3.36. The van der Waals surface area contributed by atoms with Gasteiger partial charge in [0.2, 0.25) is 0 Å². The SMILES string of the molecule is O=C(c1ccc(OC2CCCC2)cc1)N1CCC[C@@H](c2ccn[nH]2)C1. The molecule has 1 saturated heterocycles. The highest BCUT2D eigenvalue weighted by atomic mass is 16.5. The minimum atomic E-state index is 0.108. The summed E-state index contributed by atoms with van der Waals surface area (Å²) in [7, 11) is 0. The lowest BCUT2D eigenvalue weighted by Crippen LogP contribution is -2.39. The Balaban J connectivity index is 1.39. The number of nitrogens with zero attached hydrogens (tertiary/aromatic N) is 2. The van der Waals surface area contributed by atoms with E-state index in [4.69, 9.17) is 4.74 Å². The van der Waals surface area contributed by atoms with Gasteiger partial charge in [0, 0.05) is 36.5 Å². The third-order valence-electron chi connectivity index (χ3n) is 5.38. The summed E-state index contributed by atoms with van der Waals surface area (Å²) in [5.74, 6) is 1.33. The second-order valence-electron chi connectivity index (χ2n) is 7.15. The van der Waals surface area contributed by atoms with Crippen LogP contribution in [0.15, 0.2) is 36.5 Å². The molecule has 1 aromatic carbocycles. The highest BCUT2D eigenvalue weighted by Gasteiger charge is 2.26. The van der Waals surface area contributed by atoms with Gasteiger partial charge in [0.15, 0.2) is 0 Å². The van der Waals surface area contributed by atoms with Crippen molar-refractivity contribution in [2.24, 2.45) is 0 Å². The number of aromatic amines is 1. The second-order valence-corrected chi connectivity index (χ2v) is 7.15. The Labute approximate surface area is 148 Å². The molecule has 1 atom stereocenters. The maximum Gasteiger partial charge on any atom is 0.253 e. The number of aromatic nitrogens is 2. The number of nitrogens with one attached hydrogen (secondary N) is 1. The first kappa shape index (κ1) is 16.2. The van der Waals surface area contributed by atoms with E-state index in [2.05, 4.69) is 10.2 Å². The molecule has 5 heteroatoms. The molecule has 1 N–H and O–H groups in total. The molecule has 2 aliphatic rings. The molecule has 5 nitrogen and oxygen atoms in total. The number of carbonyl (C=O) groups excluding carboxylic acids is 1. The van der Waals surface area contributed by atoms with Crippen molar-refractivity contribution in [1.82, 2.24) is 15.1 Å². The standard InChI is InChI=1S/C20H25N3O2/c24-20(23-13-3-4-16(14-23)19-11-12-21-22-19)15-7-9-18(10-8-15)25-17-5-1-2-6-17/h7-12,16-17H,1-6,13-14H2,(H,21,22)/t16-/m1/s1. The first-order valence-corrected chi connectivity index (χ1v) is 9.35. The van der Waals surface area contributed by atoms with Gasteiger partial charge in [0.25, 0.3) is 5.91 Å². The summed E-state index contributed by atoms with van der Waals surface area (Å²) < 4.78 is 5.99. The summed E-state index contributed by atoms with van der Waals surface area (Å²) in [6, 6.07) is 9.66. The summed E-state index contributed by atoms with van der Waals surface area (Å²) in [5, 5.41) is 7.08. The van der Waals surface area contributed by atoms with Crippen LogP contribution in [0, 0.1) is 0 Å². The van der Waals surface area contributed by atoms with Gasteiger partial charge >= 0.3 is 0 Å². The van der Waals surface area contributed by atoms with Gasteiger partial charge in [-0.15, -0.1) is 0 Å². The number of rotatable bonds is 4. The highest BCUT2D eigenvalue weighted by molar-refractivity contribution is 5.94. The molecule has 0 unspecified atom stereocenters. The molecule has 1 saturated carbocycles. The quantitative estimate of drug-likeness (QED) is 0.923. The number of likely N-dealkylation sites (tertiary alicyclic amines) is 1. The normalized spacial score (nSPS) is 21.4. The van der Waals surface area contributed by atoms with Crippen molar-refractivity contribution in [3.05, 3.63) is 47.8 Å². The number of amides is 1. The molecule has 0 spiro atoms. The first-order chi connectivity index (χ1) is 12.3. The number of carbonyl (C=O) groups is 1. The molecule has 4 rings (SSSR count). The van der Waals surface area contributed by atoms with Crippen molar-refractivity contribution in [3.8, 4) is 5.75 Å². The van der Waals surface area contributed by atoms with Crippen LogP contribution in [0.1, 0.15) is 60.5 Å². The first-order valence-electron chi connectivity index (χ1n) is 9.35. The van der Waals surface area contributed by atoms with E-state index >= 15 is 0 Å². The van der Waals surface area contributed by atoms with Gasteiger partial charge < -0.3 is 9.64 Å². The van der Waals surface area contributed by atoms with Crippen LogP contribution in [0.5, 0.6) is 5.75 Å². The molecule has 0 bridgehead atoms. The van der Waals surface area contributed by atoms with Crippen LogP contribution in [-0.4, -0.2) is 40.2 Å². The van der Waals surface area contributed by atoms with Crippen molar-refractivity contribution in [3.63, 3.8) is 0 Å². The number of benzene rings is 1. The third kappa shape index (κ3) is 3.70. The molecule has 1 aromatic heterocycles. The Morgan fingerprint density at radius 2 is 1.88 bits per heavy atom. The van der Waals surface area contributed by atoms with Crippen LogP contribution in [0.2, 0.25) is 0 Å². The van der Waals surface area contributed by atoms with Crippen LogP contribution >= 0.6 is 0 Å². The molecular formula is C20H25N3O2. The summed E-state index contributed by atoms with van der Waals surface area (Å²) in [5.41, 5.74) is 1.86. The summed E-state index contributed by atoms with van der Waals surface area (Å²) in [6.07, 6.45) is 9.05. The van der Waals surface area contributed by atoms with E-state index in [1.165, 1.54) is 12.8 Å². The van der Waals surface area contributed by atoms with Gasteiger partial charge in [0.05, 0.1) is 6.10 Å². The second kappa shape index (κ2) is 7.30. The Bertz CT molecular complexity index is 690. The van der Waals surface area contributed by atoms with Gasteiger partial charge in [-0.1, -0.05) is 0 Å². The zero-order chi connectivity index (χ0) is 17.1. The topological polar surface area (TPSA) is 58.2 Å². The molecule has 25 heavy (non-hydrogen) atoms. The van der Waals surface area contributed by atoms with E-state index in [0.29, 0.717) is 12.0 Å². The molecular weight excluding hydrogens is 314 g/mol. The minimum Gasteiger partial charge on any atom is -0.490 e. The van der Waals surface area contributed by atoms with Crippen molar-refractivity contribution in [2.45, 2.75) is 50.5 Å². The molecule has 132 valence electrons. The fourth-order valence-corrected chi connectivity index (χ4v) is 3.97. The lowest BCUT2D eigenvalue weighted by molar-refractivity contribution is 0.0706. The maximum absolute atomic E-state index is 12.8. The van der Waals surface area contributed by atoms with Crippen molar-refractivity contribution in [2.75, 3.05) is 13.1 Å². The minimum absolute atomic E-state index is 0.108. The van der Waals surface area contributed by atoms with Crippen LogP contribution in [0.25, 0.3) is 0 Å². The highest BCUT2D eigenvalue weighted by Crippen LogP contribution is 2.27. The number of H-pyrrole nitrogens is 1. The lowest BCUT2D eigenvalue weighted by atomic mass is 9.94. The molecule has 1 aliphatic carbocycles. The van der Waals surface area contributed by atoms with E-state index < -0.39 is 0 Å². The third-order valence-corrected chi connectivity index (χ3v) is 5.38. The van der Waals surface area contributed by atoms with E-state index in [1.807, 2.05) is 35.2 Å². The molecule has 1 amide bonds. The molecule has 0 radical (unpaired) electrons. The molecule has 2 fully saturated rings. The summed E-state index contributed by atoms with van der Waals surface area (Å²) in [6.45, 7) is 1.57. The molecule has 2 aromatic rings. The van der Waals surface area contributed by atoms with E-state index in [1.54, 1.807) is 6.20 Å². The molecule has 2 heterocycles. The number of hydrogen-bond acceptors (Lipinski definition) is 3. The number of piperidine rings is 1. The van der Waals surface area contributed by atoms with Gasteiger partial charge in [-0.25, -0.2) is 0 Å². The average molecular weight is 339 g/mol. The smallest absolute Gasteiger partial charge is 0.253 e. The Hall–Kier alpha value is -2.30. The fraction of sp³-hybridized carbons (Fsp3) is 0.500. The number of ether oxygens (including phenoxy) is 1. The van der Waals surface area contributed by atoms with Crippen molar-refractivity contribution < 1.29 is 9.53 Å². The van der Waals surface area contributed by atoms with E-state index in [9.17, 15) is 4.79 Å².